The molecule has 132 valence electrons. The normalized spacial score (nSPS) is 19.2. The van der Waals surface area contributed by atoms with Gasteiger partial charge in [0.25, 0.3) is 0 Å². The Labute approximate surface area is 172 Å². The van der Waals surface area contributed by atoms with E-state index in [9.17, 15) is 15.0 Å². The number of carbonyl (C=O) groups is 1. The zero-order valence-corrected chi connectivity index (χ0v) is 17.3. The summed E-state index contributed by atoms with van der Waals surface area (Å²) in [5, 5.41) is 21.8. The average Bonchev–Trinajstić information content (AvgIpc) is 2.96. The van der Waals surface area contributed by atoms with Crippen LogP contribution in [-0.4, -0.2) is 65.9 Å². The van der Waals surface area contributed by atoms with Crippen LogP contribution in [0, 0.1) is 0 Å². The third-order valence-corrected chi connectivity index (χ3v) is 4.55. The SMILES string of the molecule is COCCOCCOc1ccnc(C2=N[C@@](C)(C(=O)[O-])CS2)c1O.[Na+]. The number of ether oxygens (including phenoxy) is 3. The fourth-order valence-corrected chi connectivity index (χ4v) is 3.04. The number of hydrogen-bond acceptors (Lipinski definition) is 9. The predicted octanol–water partition coefficient (Wildman–Crippen LogP) is -3.16. The van der Waals surface area contributed by atoms with Crippen LogP contribution < -0.4 is 39.4 Å². The van der Waals surface area contributed by atoms with Gasteiger partial charge >= 0.3 is 29.6 Å². The van der Waals surface area contributed by atoms with Gasteiger partial charge in [-0.1, -0.05) is 0 Å². The van der Waals surface area contributed by atoms with Crippen molar-refractivity contribution in [2.24, 2.45) is 4.99 Å². The van der Waals surface area contributed by atoms with E-state index in [0.717, 1.165) is 0 Å². The van der Waals surface area contributed by atoms with E-state index in [1.54, 1.807) is 7.11 Å². The number of aliphatic imine (C=N–C) groups is 1. The number of aromatic nitrogens is 1. The largest absolute Gasteiger partial charge is 1.00 e. The molecule has 1 aromatic rings. The summed E-state index contributed by atoms with van der Waals surface area (Å²) in [7, 11) is 1.59. The number of hydrogen-bond donors (Lipinski definition) is 1. The minimum absolute atomic E-state index is 0. The number of rotatable bonds is 9. The summed E-state index contributed by atoms with van der Waals surface area (Å²) in [6, 6.07) is 1.52. The van der Waals surface area contributed by atoms with Crippen LogP contribution in [0.15, 0.2) is 17.3 Å². The van der Waals surface area contributed by atoms with Gasteiger partial charge in [0.2, 0.25) is 0 Å². The van der Waals surface area contributed by atoms with Gasteiger partial charge in [-0.15, -0.1) is 11.8 Å². The number of carbonyl (C=O) groups excluding carboxylic acids is 1. The van der Waals surface area contributed by atoms with E-state index in [2.05, 4.69) is 9.98 Å². The van der Waals surface area contributed by atoms with Crippen LogP contribution >= 0.6 is 11.8 Å². The smallest absolute Gasteiger partial charge is 0.547 e. The fourth-order valence-electron chi connectivity index (χ4n) is 1.89. The van der Waals surface area contributed by atoms with E-state index in [1.807, 2.05) is 0 Å². The van der Waals surface area contributed by atoms with Crippen molar-refractivity contribution in [3.8, 4) is 11.5 Å². The summed E-state index contributed by atoms with van der Waals surface area (Å²) in [6.07, 6.45) is 1.47. The summed E-state index contributed by atoms with van der Waals surface area (Å²) in [5.41, 5.74) is -1.12. The molecule has 0 fully saturated rings. The monoisotopic (exact) mass is 378 g/mol. The van der Waals surface area contributed by atoms with E-state index in [-0.39, 0.29) is 59.1 Å². The molecular formula is C15H19N2NaO6S. The first kappa shape index (κ1) is 22.2. The van der Waals surface area contributed by atoms with E-state index < -0.39 is 11.5 Å². The fraction of sp³-hybridized carbons (Fsp3) is 0.533. The summed E-state index contributed by atoms with van der Waals surface area (Å²) >= 11 is 1.20. The first-order valence-electron chi connectivity index (χ1n) is 7.30. The topological polar surface area (TPSA) is 113 Å². The molecule has 0 amide bonds. The molecule has 2 heterocycles. The van der Waals surface area contributed by atoms with Gasteiger partial charge in [-0.2, -0.15) is 0 Å². The van der Waals surface area contributed by atoms with Gasteiger partial charge in [0.15, 0.2) is 11.5 Å². The van der Waals surface area contributed by atoms with E-state index in [0.29, 0.717) is 24.9 Å². The molecule has 0 aromatic carbocycles. The Morgan fingerprint density at radius 3 is 2.76 bits per heavy atom. The van der Waals surface area contributed by atoms with Crippen molar-refractivity contribution >= 4 is 22.8 Å². The second kappa shape index (κ2) is 10.3. The van der Waals surface area contributed by atoms with Crippen LogP contribution in [0.5, 0.6) is 11.5 Å². The van der Waals surface area contributed by atoms with Gasteiger partial charge in [0, 0.05) is 25.1 Å². The molecule has 25 heavy (non-hydrogen) atoms. The van der Waals surface area contributed by atoms with Crippen LogP contribution in [0.25, 0.3) is 0 Å². The number of pyridine rings is 1. The van der Waals surface area contributed by atoms with Crippen LogP contribution in [0.1, 0.15) is 12.6 Å². The van der Waals surface area contributed by atoms with Gasteiger partial charge in [-0.25, -0.2) is 4.98 Å². The molecule has 0 saturated heterocycles. The van der Waals surface area contributed by atoms with Crippen molar-refractivity contribution in [1.29, 1.82) is 0 Å². The van der Waals surface area contributed by atoms with Gasteiger partial charge in [-0.05, 0) is 6.92 Å². The summed E-state index contributed by atoms with van der Waals surface area (Å²) in [5.74, 6) is -0.974. The minimum atomic E-state index is -1.32. The van der Waals surface area contributed by atoms with Gasteiger partial charge in [-0.3, -0.25) is 4.99 Å². The summed E-state index contributed by atoms with van der Waals surface area (Å²) in [4.78, 5) is 19.3. The van der Waals surface area contributed by atoms with Gasteiger partial charge in [0.05, 0.1) is 25.8 Å². The van der Waals surface area contributed by atoms with Crippen molar-refractivity contribution < 1.29 is 58.8 Å². The quantitative estimate of drug-likeness (QED) is 0.354. The Kier molecular flexibility index (Phi) is 9.19. The third-order valence-electron chi connectivity index (χ3n) is 3.28. The molecule has 0 saturated carbocycles. The number of aromatic hydroxyl groups is 1. The van der Waals surface area contributed by atoms with Crippen molar-refractivity contribution in [3.05, 3.63) is 18.0 Å². The van der Waals surface area contributed by atoms with E-state index >= 15 is 0 Å². The molecule has 1 atom stereocenters. The molecule has 0 bridgehead atoms. The number of carboxylic acids is 1. The standard InChI is InChI=1S/C15H20N2O6S.Na/c1-15(14(19)20)9-24-13(17-15)11-12(18)10(3-4-16-11)23-8-7-22-6-5-21-2;/h3-4,18H,5-9H2,1-2H3,(H,19,20);/q;+1/p-1/t15-;/m1./s1. The predicted molar refractivity (Wildman–Crippen MR) is 86.5 cm³/mol. The van der Waals surface area contributed by atoms with E-state index in [1.165, 1.54) is 30.9 Å². The molecule has 0 unspecified atom stereocenters. The maximum Gasteiger partial charge on any atom is 1.00 e. The average molecular weight is 378 g/mol. The van der Waals surface area contributed by atoms with Crippen LogP contribution in [0.4, 0.5) is 0 Å². The zero-order valence-electron chi connectivity index (χ0n) is 14.5. The molecular weight excluding hydrogens is 359 g/mol. The molecule has 0 spiro atoms. The number of methoxy groups -OCH3 is 1. The molecule has 1 aliphatic rings. The minimum Gasteiger partial charge on any atom is -0.547 e. The number of thioether (sulfide) groups is 1. The van der Waals surface area contributed by atoms with Crippen molar-refractivity contribution in [2.75, 3.05) is 39.3 Å². The molecule has 0 radical (unpaired) electrons. The van der Waals surface area contributed by atoms with Crippen molar-refractivity contribution in [3.63, 3.8) is 0 Å². The second-order valence-corrected chi connectivity index (χ2v) is 6.19. The number of aliphatic carboxylic acids is 1. The van der Waals surface area contributed by atoms with Crippen molar-refractivity contribution in [2.45, 2.75) is 12.5 Å². The van der Waals surface area contributed by atoms with E-state index in [4.69, 9.17) is 14.2 Å². The summed E-state index contributed by atoms with van der Waals surface area (Å²) in [6.45, 7) is 3.02. The Hall–Kier alpha value is -0.840. The molecule has 1 aliphatic heterocycles. The van der Waals surface area contributed by atoms with Crippen molar-refractivity contribution in [1.82, 2.24) is 4.98 Å². The number of nitrogens with zero attached hydrogens (tertiary/aromatic N) is 2. The Balaban J connectivity index is 0.00000312. The summed E-state index contributed by atoms with van der Waals surface area (Å²) < 4.78 is 15.6. The molecule has 0 aliphatic carbocycles. The Morgan fingerprint density at radius 1 is 1.40 bits per heavy atom. The maximum absolute atomic E-state index is 11.1. The molecule has 1 aromatic heterocycles. The molecule has 2 rings (SSSR count). The molecule has 8 nitrogen and oxygen atoms in total. The third kappa shape index (κ3) is 5.83. The molecule has 10 heteroatoms. The van der Waals surface area contributed by atoms with Crippen LogP contribution in [0.3, 0.4) is 0 Å². The second-order valence-electron chi connectivity index (χ2n) is 5.23. The number of carboxylic acid groups (broad SMARTS) is 1. The zero-order chi connectivity index (χ0) is 17.6. The Morgan fingerprint density at radius 2 is 2.12 bits per heavy atom. The Bertz CT molecular complexity index is 630. The first-order chi connectivity index (χ1) is 11.5. The van der Waals surface area contributed by atoms with Gasteiger partial charge < -0.3 is 29.2 Å². The van der Waals surface area contributed by atoms with Crippen LogP contribution in [0.2, 0.25) is 0 Å². The van der Waals surface area contributed by atoms with Crippen LogP contribution in [-0.2, 0) is 14.3 Å². The first-order valence-corrected chi connectivity index (χ1v) is 8.28. The maximum atomic E-state index is 11.1. The van der Waals surface area contributed by atoms with Gasteiger partial charge in [0.1, 0.15) is 22.9 Å². The molecule has 1 N–H and O–H groups in total.